The Morgan fingerprint density at radius 1 is 1.25 bits per heavy atom. The number of nitrogens with two attached hydrogens (primary N) is 1. The van der Waals surface area contributed by atoms with Gasteiger partial charge in [0.2, 0.25) is 5.91 Å². The topological polar surface area (TPSA) is 72.2 Å². The normalized spacial score (nSPS) is 10.7. The van der Waals surface area contributed by atoms with E-state index in [9.17, 15) is 14.0 Å². The Morgan fingerprint density at radius 2 is 2.00 bits per heavy atom. The van der Waals surface area contributed by atoms with Crippen molar-refractivity contribution >= 4 is 34.2 Å². The molecule has 20 heavy (non-hydrogen) atoms. The minimum absolute atomic E-state index is 0.252. The fraction of sp³-hybridized carbons (Fsp3) is 0. The second kappa shape index (κ2) is 6.12. The van der Waals surface area contributed by atoms with Crippen LogP contribution in [-0.4, -0.2) is 11.8 Å². The van der Waals surface area contributed by atoms with Gasteiger partial charge in [-0.25, -0.2) is 4.39 Å². The van der Waals surface area contributed by atoms with Crippen molar-refractivity contribution in [2.75, 3.05) is 5.32 Å². The Morgan fingerprint density at radius 3 is 2.70 bits per heavy atom. The zero-order valence-corrected chi connectivity index (χ0v) is 11.1. The van der Waals surface area contributed by atoms with Crippen molar-refractivity contribution in [3.8, 4) is 0 Å². The van der Waals surface area contributed by atoms with Crippen LogP contribution in [0.1, 0.15) is 15.9 Å². The van der Waals surface area contributed by atoms with Gasteiger partial charge in [0.15, 0.2) is 0 Å². The Labute approximate surface area is 118 Å². The van der Waals surface area contributed by atoms with Crippen LogP contribution in [0.5, 0.6) is 0 Å². The highest BCUT2D eigenvalue weighted by atomic mass is 32.1. The van der Waals surface area contributed by atoms with Gasteiger partial charge in [0.25, 0.3) is 5.91 Å². The van der Waals surface area contributed by atoms with Gasteiger partial charge in [-0.3, -0.25) is 9.59 Å². The second-order valence-corrected chi connectivity index (χ2v) is 4.79. The molecule has 0 bridgehead atoms. The predicted molar refractivity (Wildman–Crippen MR) is 76.9 cm³/mol. The van der Waals surface area contributed by atoms with E-state index in [2.05, 4.69) is 5.32 Å². The molecule has 4 nitrogen and oxygen atoms in total. The van der Waals surface area contributed by atoms with Crippen molar-refractivity contribution in [1.82, 2.24) is 0 Å². The lowest BCUT2D eigenvalue weighted by Crippen LogP contribution is -2.14. The maximum absolute atomic E-state index is 13.3. The van der Waals surface area contributed by atoms with Crippen LogP contribution in [0, 0.1) is 5.82 Å². The molecule has 2 aromatic rings. The van der Waals surface area contributed by atoms with Gasteiger partial charge in [-0.05, 0) is 23.6 Å². The summed E-state index contributed by atoms with van der Waals surface area (Å²) in [6.07, 6.45) is 2.56. The molecule has 0 aliphatic carbocycles. The van der Waals surface area contributed by atoms with Gasteiger partial charge < -0.3 is 11.1 Å². The number of amides is 2. The summed E-state index contributed by atoms with van der Waals surface area (Å²) in [5.41, 5.74) is 5.73. The van der Waals surface area contributed by atoms with Crippen molar-refractivity contribution < 1.29 is 14.0 Å². The first kappa shape index (κ1) is 14.0. The Hall–Kier alpha value is -2.47. The lowest BCUT2D eigenvalue weighted by molar-refractivity contribution is -0.111. The van der Waals surface area contributed by atoms with E-state index in [0.717, 1.165) is 0 Å². The first-order chi connectivity index (χ1) is 9.58. The Kier molecular flexibility index (Phi) is 4.27. The van der Waals surface area contributed by atoms with Crippen molar-refractivity contribution in [3.63, 3.8) is 0 Å². The first-order valence-electron chi connectivity index (χ1n) is 5.69. The molecule has 3 N–H and O–H groups in total. The minimum Gasteiger partial charge on any atom is -0.366 e. The molecule has 0 fully saturated rings. The lowest BCUT2D eigenvalue weighted by atomic mass is 10.2. The summed E-state index contributed by atoms with van der Waals surface area (Å²) in [5, 5.41) is 4.56. The van der Waals surface area contributed by atoms with Crippen LogP contribution in [-0.2, 0) is 4.79 Å². The van der Waals surface area contributed by atoms with Crippen LogP contribution >= 0.6 is 11.3 Å². The smallest absolute Gasteiger partial charge is 0.251 e. The molecule has 1 aromatic heterocycles. The van der Waals surface area contributed by atoms with E-state index in [1.807, 2.05) is 0 Å². The number of nitrogens with one attached hydrogen (secondary N) is 1. The molecule has 0 aliphatic rings. The second-order valence-electron chi connectivity index (χ2n) is 3.87. The molecular formula is C14H11FN2O2S. The minimum atomic E-state index is -0.611. The van der Waals surface area contributed by atoms with E-state index in [1.54, 1.807) is 23.6 Å². The fourth-order valence-corrected chi connectivity index (χ4v) is 2.32. The maximum atomic E-state index is 13.3. The number of anilines is 1. The van der Waals surface area contributed by atoms with Gasteiger partial charge in [-0.15, -0.1) is 11.3 Å². The summed E-state index contributed by atoms with van der Waals surface area (Å²) in [5.74, 6) is -1.48. The average molecular weight is 290 g/mol. The van der Waals surface area contributed by atoms with Crippen LogP contribution in [0.4, 0.5) is 9.39 Å². The largest absolute Gasteiger partial charge is 0.366 e. The molecule has 1 heterocycles. The van der Waals surface area contributed by atoms with Gasteiger partial charge in [-0.1, -0.05) is 18.2 Å². The standard InChI is InChI=1S/C14H11FN2O2S/c15-11-4-2-1-3-9(11)5-6-12(18)17-14-10(13(16)19)7-8-20-14/h1-8H,(H2,16,19)(H,17,18). The highest BCUT2D eigenvalue weighted by molar-refractivity contribution is 7.14. The highest BCUT2D eigenvalue weighted by Gasteiger charge is 2.10. The molecule has 0 radical (unpaired) electrons. The highest BCUT2D eigenvalue weighted by Crippen LogP contribution is 2.22. The number of rotatable bonds is 4. The number of hydrogen-bond donors (Lipinski definition) is 2. The molecule has 102 valence electrons. The number of hydrogen-bond acceptors (Lipinski definition) is 3. The van der Waals surface area contributed by atoms with E-state index in [4.69, 9.17) is 5.73 Å². The molecule has 2 rings (SSSR count). The van der Waals surface area contributed by atoms with Gasteiger partial charge in [0, 0.05) is 11.6 Å². The Bertz CT molecular complexity index is 679. The van der Waals surface area contributed by atoms with Gasteiger partial charge in [-0.2, -0.15) is 0 Å². The average Bonchev–Trinajstić information content (AvgIpc) is 2.86. The van der Waals surface area contributed by atoms with Gasteiger partial charge in [0.1, 0.15) is 10.8 Å². The summed E-state index contributed by atoms with van der Waals surface area (Å²) in [7, 11) is 0. The summed E-state index contributed by atoms with van der Waals surface area (Å²) < 4.78 is 13.3. The maximum Gasteiger partial charge on any atom is 0.251 e. The summed E-state index contributed by atoms with van der Waals surface area (Å²) in [6.45, 7) is 0. The number of halogens is 1. The summed E-state index contributed by atoms with van der Waals surface area (Å²) in [6, 6.07) is 7.63. The van der Waals surface area contributed by atoms with Crippen LogP contribution in [0.2, 0.25) is 0 Å². The summed E-state index contributed by atoms with van der Waals surface area (Å²) >= 11 is 1.19. The van der Waals surface area contributed by atoms with E-state index < -0.39 is 17.6 Å². The van der Waals surface area contributed by atoms with E-state index in [0.29, 0.717) is 10.6 Å². The monoisotopic (exact) mass is 290 g/mol. The molecule has 1 aromatic carbocycles. The molecular weight excluding hydrogens is 279 g/mol. The van der Waals surface area contributed by atoms with Crippen molar-refractivity contribution in [1.29, 1.82) is 0 Å². The molecule has 0 atom stereocenters. The van der Waals surface area contributed by atoms with Crippen LogP contribution in [0.3, 0.4) is 0 Å². The fourth-order valence-electron chi connectivity index (χ4n) is 1.53. The SMILES string of the molecule is NC(=O)c1ccsc1NC(=O)C=Cc1ccccc1F. The molecule has 0 unspecified atom stereocenters. The predicted octanol–water partition coefficient (Wildman–Crippen LogP) is 2.64. The van der Waals surface area contributed by atoms with E-state index in [-0.39, 0.29) is 5.56 Å². The number of benzene rings is 1. The summed E-state index contributed by atoms with van der Waals surface area (Å²) in [4.78, 5) is 22.8. The van der Waals surface area contributed by atoms with Crippen molar-refractivity contribution in [3.05, 3.63) is 58.7 Å². The number of primary amides is 1. The van der Waals surface area contributed by atoms with Crippen LogP contribution < -0.4 is 11.1 Å². The molecule has 0 saturated heterocycles. The molecule has 0 aliphatic heterocycles. The lowest BCUT2D eigenvalue weighted by Gasteiger charge is -2.01. The zero-order valence-electron chi connectivity index (χ0n) is 10.3. The van der Waals surface area contributed by atoms with Gasteiger partial charge >= 0.3 is 0 Å². The first-order valence-corrected chi connectivity index (χ1v) is 6.57. The van der Waals surface area contributed by atoms with Crippen molar-refractivity contribution in [2.24, 2.45) is 5.73 Å². The Balaban J connectivity index is 2.08. The third kappa shape index (κ3) is 3.30. The number of carbonyl (C=O) groups excluding carboxylic acids is 2. The number of thiophene rings is 1. The zero-order chi connectivity index (χ0) is 14.5. The van der Waals surface area contributed by atoms with Crippen LogP contribution in [0.15, 0.2) is 41.8 Å². The van der Waals surface area contributed by atoms with Crippen molar-refractivity contribution in [2.45, 2.75) is 0 Å². The van der Waals surface area contributed by atoms with E-state index in [1.165, 1.54) is 35.6 Å². The molecule has 6 heteroatoms. The molecule has 2 amide bonds. The molecule has 0 saturated carbocycles. The quantitative estimate of drug-likeness (QED) is 0.850. The number of carbonyl (C=O) groups is 2. The van der Waals surface area contributed by atoms with E-state index >= 15 is 0 Å². The third-order valence-electron chi connectivity index (χ3n) is 2.49. The van der Waals surface area contributed by atoms with Gasteiger partial charge in [0.05, 0.1) is 5.56 Å². The van der Waals surface area contributed by atoms with Crippen LogP contribution in [0.25, 0.3) is 6.08 Å². The third-order valence-corrected chi connectivity index (χ3v) is 3.32. The molecule has 0 spiro atoms.